The van der Waals surface area contributed by atoms with Crippen molar-refractivity contribution in [3.63, 3.8) is 0 Å². The fourth-order valence-corrected chi connectivity index (χ4v) is 3.36. The maximum Gasteiger partial charge on any atom is 0.258 e. The summed E-state index contributed by atoms with van der Waals surface area (Å²) in [4.78, 5) is 38.3. The van der Waals surface area contributed by atoms with E-state index in [1.165, 1.54) is 6.92 Å². The van der Waals surface area contributed by atoms with E-state index in [0.717, 1.165) is 12.1 Å². The molecule has 0 saturated heterocycles. The molecule has 3 N–H and O–H groups in total. The molecule has 1 heterocycles. The average molecular weight is 394 g/mol. The number of nitrogens with one attached hydrogen (secondary N) is 3. The van der Waals surface area contributed by atoms with E-state index in [2.05, 4.69) is 29.8 Å². The van der Waals surface area contributed by atoms with Crippen LogP contribution in [0.1, 0.15) is 37.6 Å². The molecule has 7 heteroatoms. The van der Waals surface area contributed by atoms with E-state index in [0.29, 0.717) is 22.9 Å². The summed E-state index contributed by atoms with van der Waals surface area (Å²) in [5, 5.41) is 8.88. The van der Waals surface area contributed by atoms with Crippen molar-refractivity contribution in [3.05, 3.63) is 54.1 Å². The van der Waals surface area contributed by atoms with Crippen molar-refractivity contribution >= 4 is 34.8 Å². The highest BCUT2D eigenvalue weighted by Gasteiger charge is 2.33. The Hall–Kier alpha value is -3.35. The fourth-order valence-electron chi connectivity index (χ4n) is 3.36. The Bertz CT molecular complexity index is 909. The van der Waals surface area contributed by atoms with E-state index in [4.69, 9.17) is 0 Å². The molecule has 3 amide bonds. The zero-order valence-electron chi connectivity index (χ0n) is 16.9. The minimum absolute atomic E-state index is 0.0506. The lowest BCUT2D eigenvalue weighted by Gasteiger charge is -2.38. The van der Waals surface area contributed by atoms with E-state index >= 15 is 0 Å². The lowest BCUT2D eigenvalue weighted by atomic mass is 10.0. The van der Waals surface area contributed by atoms with Crippen LogP contribution in [0.2, 0.25) is 0 Å². The third-order valence-electron chi connectivity index (χ3n) is 4.61. The van der Waals surface area contributed by atoms with Gasteiger partial charge in [-0.25, -0.2) is 0 Å². The number of anilines is 3. The minimum atomic E-state index is -0.277. The van der Waals surface area contributed by atoms with Crippen LogP contribution in [0.4, 0.5) is 17.1 Å². The second-order valence-electron chi connectivity index (χ2n) is 7.58. The van der Waals surface area contributed by atoms with E-state index in [9.17, 15) is 14.4 Å². The summed E-state index contributed by atoms with van der Waals surface area (Å²) in [6.45, 7) is 5.55. The molecule has 2 aromatic rings. The van der Waals surface area contributed by atoms with E-state index in [1.54, 1.807) is 35.2 Å². The van der Waals surface area contributed by atoms with Crippen molar-refractivity contribution in [2.75, 3.05) is 22.5 Å². The van der Waals surface area contributed by atoms with Gasteiger partial charge in [0.05, 0.1) is 5.56 Å². The second-order valence-corrected chi connectivity index (χ2v) is 7.58. The SMILES string of the molecule is CC(=O)Nc1ccc(NC(=O)CN2C(=O)c3ccccc3N[C@@H]2CC(C)C)cc1. The van der Waals surface area contributed by atoms with Gasteiger partial charge in [-0.15, -0.1) is 0 Å². The van der Waals surface area contributed by atoms with Gasteiger partial charge in [-0.3, -0.25) is 14.4 Å². The number of hydrogen-bond acceptors (Lipinski definition) is 4. The summed E-state index contributed by atoms with van der Waals surface area (Å²) in [5.74, 6) is -0.228. The predicted molar refractivity (Wildman–Crippen MR) is 114 cm³/mol. The Kier molecular flexibility index (Phi) is 6.16. The first-order valence-corrected chi connectivity index (χ1v) is 9.67. The van der Waals surface area contributed by atoms with Crippen LogP contribution < -0.4 is 16.0 Å². The van der Waals surface area contributed by atoms with Gasteiger partial charge >= 0.3 is 0 Å². The van der Waals surface area contributed by atoms with Crippen molar-refractivity contribution in [2.24, 2.45) is 5.92 Å². The summed E-state index contributed by atoms with van der Waals surface area (Å²) in [5.41, 5.74) is 2.62. The molecule has 0 radical (unpaired) electrons. The molecule has 0 saturated carbocycles. The molecular formula is C22H26N4O3. The molecule has 0 spiro atoms. The van der Waals surface area contributed by atoms with Crippen LogP contribution in [0.5, 0.6) is 0 Å². The number of nitrogens with zero attached hydrogens (tertiary/aromatic N) is 1. The van der Waals surface area contributed by atoms with Crippen molar-refractivity contribution in [3.8, 4) is 0 Å². The molecule has 1 atom stereocenters. The fraction of sp³-hybridized carbons (Fsp3) is 0.318. The molecule has 0 aromatic heterocycles. The monoisotopic (exact) mass is 394 g/mol. The largest absolute Gasteiger partial charge is 0.364 e. The second kappa shape index (κ2) is 8.77. The summed E-state index contributed by atoms with van der Waals surface area (Å²) in [6, 6.07) is 14.2. The Morgan fingerprint density at radius 2 is 1.66 bits per heavy atom. The van der Waals surface area contributed by atoms with E-state index in [-0.39, 0.29) is 30.4 Å². The number of hydrogen-bond donors (Lipinski definition) is 3. The Balaban J connectivity index is 1.71. The third kappa shape index (κ3) is 5.13. The van der Waals surface area contributed by atoms with E-state index < -0.39 is 0 Å². The van der Waals surface area contributed by atoms with Crippen LogP contribution in [0.25, 0.3) is 0 Å². The first-order chi connectivity index (χ1) is 13.8. The summed E-state index contributed by atoms with van der Waals surface area (Å²) in [7, 11) is 0. The zero-order chi connectivity index (χ0) is 21.0. The molecular weight excluding hydrogens is 368 g/mol. The molecule has 7 nitrogen and oxygen atoms in total. The van der Waals surface area contributed by atoms with Gasteiger partial charge in [-0.1, -0.05) is 26.0 Å². The molecule has 29 heavy (non-hydrogen) atoms. The van der Waals surface area contributed by atoms with Gasteiger partial charge in [0.25, 0.3) is 5.91 Å². The Labute approximate surface area is 170 Å². The standard InChI is InChI=1S/C22H26N4O3/c1-14(2)12-20-25-19-7-5-4-6-18(19)22(29)26(20)13-21(28)24-17-10-8-16(9-11-17)23-15(3)27/h4-11,14,20,25H,12-13H2,1-3H3,(H,23,27)(H,24,28)/t20-/m0/s1. The number of benzene rings is 2. The van der Waals surface area contributed by atoms with Crippen LogP contribution >= 0.6 is 0 Å². The summed E-state index contributed by atoms with van der Waals surface area (Å²) < 4.78 is 0. The van der Waals surface area contributed by atoms with Crippen molar-refractivity contribution in [1.29, 1.82) is 0 Å². The predicted octanol–water partition coefficient (Wildman–Crippen LogP) is 3.52. The summed E-state index contributed by atoms with van der Waals surface area (Å²) in [6.07, 6.45) is 0.490. The van der Waals surface area contributed by atoms with Gasteiger partial charge in [0.15, 0.2) is 0 Å². The van der Waals surface area contributed by atoms with E-state index in [1.807, 2.05) is 18.2 Å². The maximum atomic E-state index is 13.0. The minimum Gasteiger partial charge on any atom is -0.364 e. The van der Waals surface area contributed by atoms with Crippen LogP contribution in [-0.4, -0.2) is 35.3 Å². The van der Waals surface area contributed by atoms with Gasteiger partial charge in [0.2, 0.25) is 11.8 Å². The van der Waals surface area contributed by atoms with Gasteiger partial charge in [-0.05, 0) is 48.7 Å². The number of para-hydroxylation sites is 1. The third-order valence-corrected chi connectivity index (χ3v) is 4.61. The Morgan fingerprint density at radius 1 is 1.03 bits per heavy atom. The molecule has 3 rings (SSSR count). The first-order valence-electron chi connectivity index (χ1n) is 9.67. The average Bonchev–Trinajstić information content (AvgIpc) is 2.66. The smallest absolute Gasteiger partial charge is 0.258 e. The van der Waals surface area contributed by atoms with Gasteiger partial charge in [0.1, 0.15) is 12.7 Å². The molecule has 1 aliphatic rings. The normalized spacial score (nSPS) is 15.5. The molecule has 1 aliphatic heterocycles. The molecule has 0 unspecified atom stereocenters. The topological polar surface area (TPSA) is 90.5 Å². The number of fused-ring (bicyclic) bond motifs is 1. The van der Waals surface area contributed by atoms with Crippen molar-refractivity contribution < 1.29 is 14.4 Å². The van der Waals surface area contributed by atoms with Crippen molar-refractivity contribution in [2.45, 2.75) is 33.4 Å². The lowest BCUT2D eigenvalue weighted by Crippen LogP contribution is -2.52. The van der Waals surface area contributed by atoms with Crippen LogP contribution in [0.3, 0.4) is 0 Å². The van der Waals surface area contributed by atoms with Crippen molar-refractivity contribution in [1.82, 2.24) is 4.90 Å². The number of carbonyl (C=O) groups is 3. The number of carbonyl (C=O) groups excluding carboxylic acids is 3. The molecule has 0 bridgehead atoms. The van der Waals surface area contributed by atoms with Crippen LogP contribution in [-0.2, 0) is 9.59 Å². The van der Waals surface area contributed by atoms with Crippen LogP contribution in [0, 0.1) is 5.92 Å². The highest BCUT2D eigenvalue weighted by molar-refractivity contribution is 6.04. The quantitative estimate of drug-likeness (QED) is 0.699. The molecule has 0 aliphatic carbocycles. The van der Waals surface area contributed by atoms with Crippen LogP contribution in [0.15, 0.2) is 48.5 Å². The Morgan fingerprint density at radius 3 is 2.28 bits per heavy atom. The molecule has 0 fully saturated rings. The highest BCUT2D eigenvalue weighted by atomic mass is 16.2. The lowest BCUT2D eigenvalue weighted by molar-refractivity contribution is -0.117. The zero-order valence-corrected chi connectivity index (χ0v) is 16.9. The number of rotatable bonds is 6. The molecule has 152 valence electrons. The van der Waals surface area contributed by atoms with Gasteiger partial charge in [0, 0.05) is 24.0 Å². The van der Waals surface area contributed by atoms with Gasteiger partial charge in [-0.2, -0.15) is 0 Å². The first kappa shape index (κ1) is 20.4. The maximum absolute atomic E-state index is 13.0. The highest BCUT2D eigenvalue weighted by Crippen LogP contribution is 2.27. The number of amides is 3. The van der Waals surface area contributed by atoms with Gasteiger partial charge < -0.3 is 20.9 Å². The summed E-state index contributed by atoms with van der Waals surface area (Å²) >= 11 is 0. The molecule has 2 aromatic carbocycles.